The van der Waals surface area contributed by atoms with Crippen molar-refractivity contribution in [2.75, 3.05) is 73.6 Å². The second-order valence-corrected chi connectivity index (χ2v) is 22.6. The minimum absolute atomic E-state index is 0.0831. The predicted molar refractivity (Wildman–Crippen MR) is 298 cm³/mol. The number of piperidine rings is 3. The molecule has 0 spiro atoms. The Hall–Kier alpha value is -6.96. The first kappa shape index (κ1) is 52.5. The number of benzene rings is 2. The maximum atomic E-state index is 14.4. The van der Waals surface area contributed by atoms with Gasteiger partial charge in [-0.2, -0.15) is 5.10 Å². The van der Waals surface area contributed by atoms with Crippen molar-refractivity contribution in [3.8, 4) is 16.2 Å². The number of thiazole rings is 1. The Morgan fingerprint density at radius 3 is 2.28 bits per heavy atom. The monoisotopic (exact) mass is 1050 g/mol. The first-order chi connectivity index (χ1) is 36.7. The minimum Gasteiger partial charge on any atom is -0.507 e. The highest BCUT2D eigenvalue weighted by Crippen LogP contribution is 2.37. The molecule has 8 heterocycles. The molecule has 6 aromatic rings. The summed E-state index contributed by atoms with van der Waals surface area (Å²) >= 11 is 1.60. The molecule has 2 aromatic carbocycles. The molecule has 4 saturated heterocycles. The van der Waals surface area contributed by atoms with Crippen LogP contribution >= 0.6 is 11.3 Å². The quantitative estimate of drug-likeness (QED) is 0.0582. The van der Waals surface area contributed by atoms with Gasteiger partial charge in [0.15, 0.2) is 17.4 Å². The summed E-state index contributed by atoms with van der Waals surface area (Å²) in [6.45, 7) is 14.5. The zero-order valence-corrected chi connectivity index (χ0v) is 44.9. The van der Waals surface area contributed by atoms with Crippen LogP contribution in [0.3, 0.4) is 0 Å². The Morgan fingerprint density at radius 1 is 0.895 bits per heavy atom. The standard InChI is InChI=1S/C57H73N13O5S/c1-34(2)52(57(74)69-32-43(71)27-47(69)56(73)63-35(3)38-9-11-40(12-10-38)54-36(4)62-33-76-54)49-29-51(65-75-49)68-23-15-37(16-24-68)31-66-21-17-39(18-22-66)41-13-14-50(61-30-41)67-25-19-42(20-26-67)70-46(53(59)55(60)64-70)28-45(58)44-7-5-6-8-48(44)72/h5-14,28-30,33-35,37,39,42-43,47,52,71-72H,15-27,31-32,58-59H2,1-4H3,(H2,60,64)(H,63,73)/b45-28-/t35-,43+,47-,52?/m0/s1. The van der Waals surface area contributed by atoms with Gasteiger partial charge in [-0.3, -0.25) is 14.3 Å². The molecular weight excluding hydrogens is 979 g/mol. The predicted octanol–water partition coefficient (Wildman–Crippen LogP) is 7.54. The molecule has 76 heavy (non-hydrogen) atoms. The Labute approximate surface area is 448 Å². The number of aliphatic hydroxyl groups excluding tert-OH is 1. The maximum absolute atomic E-state index is 14.4. The van der Waals surface area contributed by atoms with Crippen molar-refractivity contribution in [1.29, 1.82) is 0 Å². The van der Waals surface area contributed by atoms with Crippen LogP contribution in [0.5, 0.6) is 5.75 Å². The van der Waals surface area contributed by atoms with Gasteiger partial charge in [0.25, 0.3) is 0 Å². The van der Waals surface area contributed by atoms with Crippen molar-refractivity contribution in [1.82, 2.24) is 40.0 Å². The van der Waals surface area contributed by atoms with Crippen molar-refractivity contribution in [3.05, 3.63) is 112 Å². The van der Waals surface area contributed by atoms with Crippen LogP contribution in [0.4, 0.5) is 23.1 Å². The number of hydrogen-bond acceptors (Lipinski definition) is 16. The number of aromatic nitrogens is 5. The van der Waals surface area contributed by atoms with E-state index in [0.29, 0.717) is 40.2 Å². The highest BCUT2D eigenvalue weighted by atomic mass is 32.1. The molecule has 1 unspecified atom stereocenters. The molecule has 0 aliphatic carbocycles. The van der Waals surface area contributed by atoms with Gasteiger partial charge in [0.05, 0.1) is 40.0 Å². The number of aliphatic hydroxyl groups is 1. The van der Waals surface area contributed by atoms with E-state index >= 15 is 0 Å². The molecule has 0 radical (unpaired) electrons. The van der Waals surface area contributed by atoms with E-state index in [0.717, 1.165) is 118 Å². The lowest BCUT2D eigenvalue weighted by Crippen LogP contribution is -2.48. The fraction of sp³-hybridized carbons (Fsp3) is 0.474. The highest BCUT2D eigenvalue weighted by molar-refractivity contribution is 7.13. The van der Waals surface area contributed by atoms with Gasteiger partial charge in [0.2, 0.25) is 11.8 Å². The van der Waals surface area contributed by atoms with Crippen LogP contribution < -0.4 is 32.3 Å². The summed E-state index contributed by atoms with van der Waals surface area (Å²) in [6.07, 6.45) is 9.17. The molecule has 0 bridgehead atoms. The zero-order chi connectivity index (χ0) is 53.2. The number of para-hydroxylation sites is 1. The van der Waals surface area contributed by atoms with E-state index < -0.39 is 18.1 Å². The van der Waals surface area contributed by atoms with Crippen LogP contribution in [0.1, 0.15) is 123 Å². The molecule has 402 valence electrons. The van der Waals surface area contributed by atoms with Gasteiger partial charge in [-0.15, -0.1) is 11.3 Å². The van der Waals surface area contributed by atoms with E-state index in [1.807, 2.05) is 74.3 Å². The number of carbonyl (C=O) groups is 2. The molecule has 9 N–H and O–H groups in total. The fourth-order valence-electron chi connectivity index (χ4n) is 11.9. The minimum atomic E-state index is -0.804. The van der Waals surface area contributed by atoms with E-state index in [2.05, 4.69) is 53.6 Å². The molecule has 19 heteroatoms. The summed E-state index contributed by atoms with van der Waals surface area (Å²) < 4.78 is 7.84. The molecule has 2 amide bonds. The first-order valence-corrected chi connectivity index (χ1v) is 27.9. The van der Waals surface area contributed by atoms with Gasteiger partial charge in [0, 0.05) is 69.2 Å². The fourth-order valence-corrected chi connectivity index (χ4v) is 12.7. The Kier molecular flexibility index (Phi) is 15.7. The lowest BCUT2D eigenvalue weighted by molar-refractivity contribution is -0.141. The normalized spacial score (nSPS) is 20.4. The van der Waals surface area contributed by atoms with Crippen molar-refractivity contribution in [2.24, 2.45) is 17.6 Å². The third-order valence-corrected chi connectivity index (χ3v) is 17.3. The lowest BCUT2D eigenvalue weighted by atomic mass is 9.89. The van der Waals surface area contributed by atoms with Crippen LogP contribution in [0, 0.1) is 18.8 Å². The third-order valence-electron chi connectivity index (χ3n) is 16.3. The van der Waals surface area contributed by atoms with Crippen molar-refractivity contribution < 1.29 is 24.3 Å². The van der Waals surface area contributed by atoms with Crippen LogP contribution in [0.25, 0.3) is 22.2 Å². The van der Waals surface area contributed by atoms with Crippen molar-refractivity contribution in [3.63, 3.8) is 0 Å². The molecule has 4 aromatic heterocycles. The Balaban J connectivity index is 0.671. The topological polar surface area (TPSA) is 247 Å². The second-order valence-electron chi connectivity index (χ2n) is 21.7. The summed E-state index contributed by atoms with van der Waals surface area (Å²) in [5, 5.41) is 33.3. The first-order valence-electron chi connectivity index (χ1n) is 27.0. The number of nitrogens with two attached hydrogens (primary N) is 3. The second kappa shape index (κ2) is 22.7. The number of rotatable bonds is 15. The number of phenols is 1. The number of anilines is 4. The van der Waals surface area contributed by atoms with Gasteiger partial charge in [-0.25, -0.2) is 9.97 Å². The SMILES string of the molecule is Cc1ncsc1-c1ccc([C@H](C)NC(=O)[C@@H]2C[C@@H](O)CN2C(=O)C(c2cc(N3CCC(CN4CCC(c5ccc(N6CCC(n7nc(N)c(N)c7/C=C(\N)c7ccccc7O)CC6)nc5)CC4)CC3)no2)C(C)C)cc1. The molecule has 0 saturated carbocycles. The average Bonchev–Trinajstić information content (AvgIpc) is 4.25. The number of aryl methyl sites for hydroxylation is 1. The van der Waals surface area contributed by atoms with E-state index in [-0.39, 0.29) is 54.3 Å². The van der Waals surface area contributed by atoms with Crippen LogP contribution in [0.2, 0.25) is 0 Å². The summed E-state index contributed by atoms with van der Waals surface area (Å²) in [5.74, 6) is 2.32. The van der Waals surface area contributed by atoms with Crippen molar-refractivity contribution >= 4 is 58.1 Å². The van der Waals surface area contributed by atoms with E-state index in [1.165, 1.54) is 10.5 Å². The molecule has 10 rings (SSSR count). The number of β-amino-alcohol motifs (C(OH)–C–C–N with tert-alkyl or cyclic N) is 1. The average molecular weight is 1050 g/mol. The van der Waals surface area contributed by atoms with Gasteiger partial charge in [0.1, 0.15) is 29.2 Å². The summed E-state index contributed by atoms with van der Waals surface area (Å²) in [5.41, 5.74) is 27.1. The Bertz CT molecular complexity index is 2980. The molecule has 4 aliphatic heterocycles. The molecule has 4 fully saturated rings. The molecular formula is C57H73N13O5S. The molecule has 4 atom stereocenters. The number of nitrogen functional groups attached to an aromatic ring is 2. The maximum Gasteiger partial charge on any atom is 0.243 e. The number of nitrogens with one attached hydrogen (secondary N) is 1. The van der Waals surface area contributed by atoms with Crippen LogP contribution in [0.15, 0.2) is 83.0 Å². The van der Waals surface area contributed by atoms with Gasteiger partial charge < -0.3 is 56.9 Å². The van der Waals surface area contributed by atoms with Gasteiger partial charge >= 0.3 is 0 Å². The number of nitrogens with zero attached hydrogens (tertiary/aromatic N) is 9. The Morgan fingerprint density at radius 2 is 1.61 bits per heavy atom. The van der Waals surface area contributed by atoms with E-state index in [1.54, 1.807) is 35.6 Å². The number of amides is 2. The summed E-state index contributed by atoms with van der Waals surface area (Å²) in [6, 6.07) is 20.4. The van der Waals surface area contributed by atoms with Gasteiger partial charge in [-0.1, -0.05) is 61.5 Å². The number of pyridine rings is 1. The van der Waals surface area contributed by atoms with Crippen LogP contribution in [-0.4, -0.2) is 121 Å². The molecule has 18 nitrogen and oxygen atoms in total. The van der Waals surface area contributed by atoms with E-state index in [4.69, 9.17) is 26.7 Å². The summed E-state index contributed by atoms with van der Waals surface area (Å²) in [7, 11) is 0. The van der Waals surface area contributed by atoms with E-state index in [9.17, 15) is 19.8 Å². The smallest absolute Gasteiger partial charge is 0.243 e. The number of hydrogen-bond donors (Lipinski definition) is 6. The van der Waals surface area contributed by atoms with Crippen molar-refractivity contribution in [2.45, 2.75) is 109 Å². The third kappa shape index (κ3) is 11.3. The summed E-state index contributed by atoms with van der Waals surface area (Å²) in [4.78, 5) is 47.4. The van der Waals surface area contributed by atoms with Crippen LogP contribution in [-0.2, 0) is 9.59 Å². The largest absolute Gasteiger partial charge is 0.507 e. The van der Waals surface area contributed by atoms with Gasteiger partial charge in [-0.05, 0) is 124 Å². The number of likely N-dealkylation sites (tertiary alicyclic amines) is 2. The lowest BCUT2D eigenvalue weighted by Gasteiger charge is -2.38. The number of phenolic OH excluding ortho intramolecular Hbond substituents is 1. The highest BCUT2D eigenvalue weighted by Gasteiger charge is 2.44. The number of aromatic hydroxyl groups is 1. The molecule has 4 aliphatic rings. The number of carbonyl (C=O) groups excluding carboxylic acids is 2. The zero-order valence-electron chi connectivity index (χ0n) is 44.1.